The van der Waals surface area contributed by atoms with Crippen molar-refractivity contribution in [1.82, 2.24) is 10.3 Å². The van der Waals surface area contributed by atoms with Crippen LogP contribution in [0.4, 0.5) is 5.69 Å². The van der Waals surface area contributed by atoms with E-state index in [1.54, 1.807) is 18.0 Å². The van der Waals surface area contributed by atoms with Crippen molar-refractivity contribution in [3.05, 3.63) is 107 Å². The summed E-state index contributed by atoms with van der Waals surface area (Å²) in [6.45, 7) is 2.09. The van der Waals surface area contributed by atoms with Gasteiger partial charge in [-0.25, -0.2) is 0 Å². The zero-order valence-electron chi connectivity index (χ0n) is 17.2. The van der Waals surface area contributed by atoms with Gasteiger partial charge in [0.25, 0.3) is 0 Å². The Labute approximate surface area is 205 Å². The molecule has 2 aromatic carbocycles. The van der Waals surface area contributed by atoms with Gasteiger partial charge in [0.05, 0.1) is 11.7 Å². The molecule has 7 heteroatoms. The van der Waals surface area contributed by atoms with Crippen LogP contribution < -0.4 is 10.2 Å². The molecule has 1 saturated heterocycles. The lowest BCUT2D eigenvalue weighted by Crippen LogP contribution is -2.29. The number of rotatable bonds is 5. The predicted molar refractivity (Wildman–Crippen MR) is 136 cm³/mol. The third kappa shape index (κ3) is 4.33. The fourth-order valence-electron chi connectivity index (χ4n) is 3.79. The fraction of sp³-hybridized carbons (Fsp3) is 0.120. The Morgan fingerprint density at radius 1 is 1.00 bits per heavy atom. The highest BCUT2D eigenvalue weighted by molar-refractivity contribution is 9.10. The second kappa shape index (κ2) is 9.10. The van der Waals surface area contributed by atoms with E-state index in [0.29, 0.717) is 5.11 Å². The molecular weight excluding hydrogens is 502 g/mol. The van der Waals surface area contributed by atoms with Crippen LogP contribution in [0.5, 0.6) is 0 Å². The number of thiocarbonyl (C=S) groups is 1. The predicted octanol–water partition coefficient (Wildman–Crippen LogP) is 7.07. The van der Waals surface area contributed by atoms with E-state index in [-0.39, 0.29) is 12.1 Å². The first-order valence-electron chi connectivity index (χ1n) is 10.2. The van der Waals surface area contributed by atoms with Crippen LogP contribution in [0.1, 0.15) is 29.1 Å². The molecule has 0 bridgehead atoms. The molecule has 4 nitrogen and oxygen atoms in total. The summed E-state index contributed by atoms with van der Waals surface area (Å²) in [6.07, 6.45) is 1.81. The summed E-state index contributed by atoms with van der Waals surface area (Å²) in [6, 6.07) is 26.3. The second-order valence-corrected chi connectivity index (χ2v) is 9.93. The molecular formula is C25H20BrN3OS2. The van der Waals surface area contributed by atoms with Crippen molar-refractivity contribution in [2.24, 2.45) is 0 Å². The summed E-state index contributed by atoms with van der Waals surface area (Å²) in [5, 5.41) is 4.96. The Balaban J connectivity index is 1.52. The smallest absolute Gasteiger partial charge is 0.174 e. The summed E-state index contributed by atoms with van der Waals surface area (Å²) in [4.78, 5) is 7.85. The van der Waals surface area contributed by atoms with Gasteiger partial charge < -0.3 is 14.6 Å². The maximum absolute atomic E-state index is 6.36. The highest BCUT2D eigenvalue weighted by atomic mass is 79.9. The van der Waals surface area contributed by atoms with Gasteiger partial charge in [0.15, 0.2) is 10.2 Å². The molecule has 5 rings (SSSR count). The molecule has 1 N–H and O–H groups in total. The maximum atomic E-state index is 6.36. The van der Waals surface area contributed by atoms with Gasteiger partial charge in [0, 0.05) is 21.3 Å². The largest absolute Gasteiger partial charge is 0.452 e. The van der Waals surface area contributed by atoms with Crippen molar-refractivity contribution in [1.29, 1.82) is 0 Å². The molecule has 1 aliphatic heterocycles. The molecule has 2 aromatic heterocycles. The Hall–Kier alpha value is -2.61. The molecule has 3 heterocycles. The highest BCUT2D eigenvalue weighted by Gasteiger charge is 2.42. The average molecular weight is 522 g/mol. The van der Waals surface area contributed by atoms with Crippen LogP contribution in [0, 0.1) is 6.92 Å². The third-order valence-corrected chi connectivity index (χ3v) is 7.11. The monoisotopic (exact) mass is 521 g/mol. The molecule has 0 radical (unpaired) electrons. The normalized spacial score (nSPS) is 18.1. The first-order chi connectivity index (χ1) is 15.6. The highest BCUT2D eigenvalue weighted by Crippen LogP contribution is 2.43. The summed E-state index contributed by atoms with van der Waals surface area (Å²) in [5.41, 5.74) is 3.16. The lowest BCUT2D eigenvalue weighted by molar-refractivity contribution is 0.383. The number of hydrogen-bond donors (Lipinski definition) is 1. The minimum absolute atomic E-state index is 0.129. The van der Waals surface area contributed by atoms with Crippen LogP contribution in [0.2, 0.25) is 0 Å². The van der Waals surface area contributed by atoms with E-state index >= 15 is 0 Å². The van der Waals surface area contributed by atoms with E-state index in [1.807, 2.05) is 42.5 Å². The standard InChI is InChI=1S/C25H20BrN3OS2/c1-16-5-11-19(12-6-16)32-22-14-13-21(30-22)24-23(20-4-2-3-15-27-20)28-25(31)29(24)18-9-7-17(26)8-10-18/h2-15,23-24H,1H3,(H,28,31)/t23-,24-/m0/s1. The Morgan fingerprint density at radius 2 is 1.78 bits per heavy atom. The molecule has 32 heavy (non-hydrogen) atoms. The van der Waals surface area contributed by atoms with Gasteiger partial charge >= 0.3 is 0 Å². The average Bonchev–Trinajstić information content (AvgIpc) is 3.40. The third-order valence-electron chi connectivity index (χ3n) is 5.34. The zero-order chi connectivity index (χ0) is 22.1. The number of furan rings is 1. The van der Waals surface area contributed by atoms with Crippen molar-refractivity contribution in [2.45, 2.75) is 29.0 Å². The quantitative estimate of drug-likeness (QED) is 0.283. The number of pyridine rings is 1. The molecule has 0 amide bonds. The second-order valence-electron chi connectivity index (χ2n) is 7.54. The topological polar surface area (TPSA) is 41.3 Å². The van der Waals surface area contributed by atoms with E-state index in [4.69, 9.17) is 16.6 Å². The number of benzene rings is 2. The van der Waals surface area contributed by atoms with Crippen LogP contribution in [0.3, 0.4) is 0 Å². The minimum atomic E-state index is -0.161. The lowest BCUT2D eigenvalue weighted by Gasteiger charge is -2.26. The SMILES string of the molecule is Cc1ccc(Sc2ccc([C@H]3[C@H](c4ccccn4)NC(=S)N3c3ccc(Br)cc3)o2)cc1. The number of aryl methyl sites for hydroxylation is 1. The van der Waals surface area contributed by atoms with E-state index in [1.165, 1.54) is 5.56 Å². The van der Waals surface area contributed by atoms with Gasteiger partial charge in [-0.1, -0.05) is 51.5 Å². The van der Waals surface area contributed by atoms with E-state index < -0.39 is 0 Å². The number of nitrogens with one attached hydrogen (secondary N) is 1. The van der Waals surface area contributed by atoms with Crippen molar-refractivity contribution >= 4 is 50.7 Å². The van der Waals surface area contributed by atoms with Crippen LogP contribution in [0.15, 0.2) is 104 Å². The van der Waals surface area contributed by atoms with Gasteiger partial charge in [0.1, 0.15) is 11.8 Å². The van der Waals surface area contributed by atoms with Gasteiger partial charge in [-0.15, -0.1) is 0 Å². The van der Waals surface area contributed by atoms with E-state index in [2.05, 4.69) is 74.5 Å². The van der Waals surface area contributed by atoms with Gasteiger partial charge in [-0.3, -0.25) is 4.98 Å². The fourth-order valence-corrected chi connectivity index (χ4v) is 5.18. The molecule has 1 aliphatic rings. The number of hydrogen-bond acceptors (Lipinski definition) is 4. The summed E-state index contributed by atoms with van der Waals surface area (Å²) in [7, 11) is 0. The van der Waals surface area contributed by atoms with Gasteiger partial charge in [0.2, 0.25) is 0 Å². The molecule has 2 atom stereocenters. The molecule has 0 saturated carbocycles. The molecule has 1 fully saturated rings. The number of nitrogens with zero attached hydrogens (tertiary/aromatic N) is 2. The maximum Gasteiger partial charge on any atom is 0.174 e. The molecule has 0 unspecified atom stereocenters. The number of anilines is 1. The summed E-state index contributed by atoms with van der Waals surface area (Å²) in [5.74, 6) is 0.838. The first kappa shape index (κ1) is 21.2. The molecule has 4 aromatic rings. The van der Waals surface area contributed by atoms with Crippen molar-refractivity contribution in [3.63, 3.8) is 0 Å². The minimum Gasteiger partial charge on any atom is -0.452 e. The van der Waals surface area contributed by atoms with E-state index in [9.17, 15) is 0 Å². The Kier molecular flexibility index (Phi) is 6.04. The van der Waals surface area contributed by atoms with Crippen LogP contribution >= 0.6 is 39.9 Å². The van der Waals surface area contributed by atoms with E-state index in [0.717, 1.165) is 31.6 Å². The lowest BCUT2D eigenvalue weighted by atomic mass is 10.0. The number of aromatic nitrogens is 1. The number of halogens is 1. The van der Waals surface area contributed by atoms with Gasteiger partial charge in [-0.2, -0.15) is 0 Å². The first-order valence-corrected chi connectivity index (χ1v) is 12.2. The molecule has 160 valence electrons. The van der Waals surface area contributed by atoms with Crippen LogP contribution in [0.25, 0.3) is 0 Å². The molecule has 0 aliphatic carbocycles. The van der Waals surface area contributed by atoms with Gasteiger partial charge in [-0.05, 0) is 79.8 Å². The Bertz CT molecular complexity index is 1230. The summed E-state index contributed by atoms with van der Waals surface area (Å²) >= 11 is 10.9. The molecule has 0 spiro atoms. The Morgan fingerprint density at radius 3 is 2.50 bits per heavy atom. The zero-order valence-corrected chi connectivity index (χ0v) is 20.5. The van der Waals surface area contributed by atoms with Crippen molar-refractivity contribution in [2.75, 3.05) is 4.90 Å². The van der Waals surface area contributed by atoms with Crippen molar-refractivity contribution < 1.29 is 4.42 Å². The summed E-state index contributed by atoms with van der Waals surface area (Å²) < 4.78 is 7.38. The van der Waals surface area contributed by atoms with Crippen LogP contribution in [-0.4, -0.2) is 10.1 Å². The van der Waals surface area contributed by atoms with Crippen LogP contribution in [-0.2, 0) is 0 Å². The van der Waals surface area contributed by atoms with Crippen molar-refractivity contribution in [3.8, 4) is 0 Å².